The van der Waals surface area contributed by atoms with E-state index in [4.69, 9.17) is 0 Å². The minimum Gasteiger partial charge on any atom is -0.324 e. The van der Waals surface area contributed by atoms with Crippen molar-refractivity contribution in [1.29, 1.82) is 0 Å². The number of carbonyl (C=O) groups is 1. The molecule has 1 N–H and O–H groups in total. The number of nitrogens with one attached hydrogen (secondary N) is 1. The summed E-state index contributed by atoms with van der Waals surface area (Å²) in [5.74, 6) is -0.346. The number of hydrogen-bond donors (Lipinski definition) is 1. The summed E-state index contributed by atoms with van der Waals surface area (Å²) >= 11 is 1.46. The van der Waals surface area contributed by atoms with E-state index < -0.39 is 10.0 Å². The Morgan fingerprint density at radius 1 is 1.60 bits per heavy atom. The van der Waals surface area contributed by atoms with E-state index >= 15 is 0 Å². The lowest BCUT2D eigenvalue weighted by atomic mass is 10.5. The van der Waals surface area contributed by atoms with Crippen molar-refractivity contribution in [2.45, 2.75) is 0 Å². The van der Waals surface area contributed by atoms with Crippen LogP contribution in [0.1, 0.15) is 0 Å². The Balaban J connectivity index is 2.50. The molecular formula is C8H12N2O3S2. The predicted molar refractivity (Wildman–Crippen MR) is 60.4 cm³/mol. The summed E-state index contributed by atoms with van der Waals surface area (Å²) < 4.78 is 23.0. The Labute approximate surface area is 92.8 Å². The largest absolute Gasteiger partial charge is 0.324 e. The second-order valence-electron chi connectivity index (χ2n) is 3.08. The molecule has 0 fully saturated rings. The molecule has 7 heteroatoms. The first kappa shape index (κ1) is 12.2. The highest BCUT2D eigenvalue weighted by atomic mass is 32.2. The zero-order valence-corrected chi connectivity index (χ0v) is 10.1. The molecule has 0 radical (unpaired) electrons. The van der Waals surface area contributed by atoms with Crippen molar-refractivity contribution in [3.63, 3.8) is 0 Å². The molecule has 1 amide bonds. The van der Waals surface area contributed by atoms with E-state index in [1.807, 2.05) is 5.38 Å². The Morgan fingerprint density at radius 2 is 2.27 bits per heavy atom. The monoisotopic (exact) mass is 248 g/mol. The normalized spacial score (nSPS) is 11.7. The van der Waals surface area contributed by atoms with Crippen molar-refractivity contribution in [3.8, 4) is 0 Å². The standard InChI is InChI=1S/C8H12N2O3S2/c1-10(15(2,12)13)5-8(11)9-7-3-4-14-6-7/h3-4,6H,5H2,1-2H3,(H,9,11). The van der Waals surface area contributed by atoms with Gasteiger partial charge in [0.15, 0.2) is 0 Å². The number of likely N-dealkylation sites (N-methyl/N-ethyl adjacent to an activating group) is 1. The molecule has 0 bridgehead atoms. The van der Waals surface area contributed by atoms with Crippen LogP contribution in [0.2, 0.25) is 0 Å². The third-order valence-corrected chi connectivity index (χ3v) is 3.68. The maximum Gasteiger partial charge on any atom is 0.239 e. The molecular weight excluding hydrogens is 236 g/mol. The summed E-state index contributed by atoms with van der Waals surface area (Å²) in [6.07, 6.45) is 1.06. The number of nitrogens with zero attached hydrogens (tertiary/aromatic N) is 1. The van der Waals surface area contributed by atoms with E-state index in [0.717, 1.165) is 10.6 Å². The van der Waals surface area contributed by atoms with Crippen molar-refractivity contribution >= 4 is 33.0 Å². The van der Waals surface area contributed by atoms with E-state index in [2.05, 4.69) is 5.32 Å². The second-order valence-corrected chi connectivity index (χ2v) is 5.95. The minimum absolute atomic E-state index is 0.172. The van der Waals surface area contributed by atoms with Gasteiger partial charge in [-0.1, -0.05) is 0 Å². The van der Waals surface area contributed by atoms with Crippen LogP contribution in [0.3, 0.4) is 0 Å². The highest BCUT2D eigenvalue weighted by molar-refractivity contribution is 7.88. The summed E-state index contributed by atoms with van der Waals surface area (Å²) in [6.45, 7) is -0.172. The third-order valence-electron chi connectivity index (χ3n) is 1.74. The number of anilines is 1. The fourth-order valence-electron chi connectivity index (χ4n) is 0.856. The van der Waals surface area contributed by atoms with E-state index in [1.165, 1.54) is 18.4 Å². The molecule has 1 aromatic heterocycles. The minimum atomic E-state index is -3.30. The molecule has 5 nitrogen and oxygen atoms in total. The number of sulfonamides is 1. The second kappa shape index (κ2) is 4.73. The zero-order valence-electron chi connectivity index (χ0n) is 8.43. The topological polar surface area (TPSA) is 66.5 Å². The maximum atomic E-state index is 11.4. The Bertz CT molecular complexity index is 425. The van der Waals surface area contributed by atoms with Gasteiger partial charge in [-0.05, 0) is 11.4 Å². The van der Waals surface area contributed by atoms with Gasteiger partial charge in [0.1, 0.15) is 0 Å². The van der Waals surface area contributed by atoms with E-state index in [9.17, 15) is 13.2 Å². The smallest absolute Gasteiger partial charge is 0.239 e. The van der Waals surface area contributed by atoms with Gasteiger partial charge in [0, 0.05) is 12.4 Å². The van der Waals surface area contributed by atoms with Gasteiger partial charge in [-0.3, -0.25) is 4.79 Å². The summed E-state index contributed by atoms with van der Waals surface area (Å²) in [5, 5.41) is 6.20. The van der Waals surface area contributed by atoms with Crippen LogP contribution < -0.4 is 5.32 Å². The van der Waals surface area contributed by atoms with Gasteiger partial charge in [-0.2, -0.15) is 15.6 Å². The number of amides is 1. The van der Waals surface area contributed by atoms with Gasteiger partial charge in [0.25, 0.3) is 0 Å². The van der Waals surface area contributed by atoms with Crippen molar-refractivity contribution in [2.24, 2.45) is 0 Å². The zero-order chi connectivity index (χ0) is 11.5. The first-order valence-corrected chi connectivity index (χ1v) is 6.92. The van der Waals surface area contributed by atoms with Gasteiger partial charge in [0.05, 0.1) is 18.5 Å². The van der Waals surface area contributed by atoms with E-state index in [-0.39, 0.29) is 12.5 Å². The number of hydrogen-bond acceptors (Lipinski definition) is 4. The maximum absolute atomic E-state index is 11.4. The summed E-state index contributed by atoms with van der Waals surface area (Å²) in [4.78, 5) is 11.4. The van der Waals surface area contributed by atoms with Crippen LogP contribution in [0, 0.1) is 0 Å². The number of rotatable bonds is 4. The van der Waals surface area contributed by atoms with Crippen LogP contribution >= 0.6 is 11.3 Å². The quantitative estimate of drug-likeness (QED) is 0.847. The fraction of sp³-hybridized carbons (Fsp3) is 0.375. The Kier molecular flexibility index (Phi) is 3.83. The first-order valence-electron chi connectivity index (χ1n) is 4.13. The van der Waals surface area contributed by atoms with Gasteiger partial charge in [-0.25, -0.2) is 8.42 Å². The molecule has 1 rings (SSSR count). The molecule has 0 aliphatic heterocycles. The average molecular weight is 248 g/mol. The van der Waals surface area contributed by atoms with Crippen LogP contribution in [-0.2, 0) is 14.8 Å². The van der Waals surface area contributed by atoms with Crippen LogP contribution in [0.15, 0.2) is 16.8 Å². The first-order chi connectivity index (χ1) is 6.89. The van der Waals surface area contributed by atoms with Crippen LogP contribution in [0.5, 0.6) is 0 Å². The van der Waals surface area contributed by atoms with Crippen molar-refractivity contribution in [2.75, 3.05) is 25.2 Å². The van der Waals surface area contributed by atoms with Crippen LogP contribution in [0.4, 0.5) is 5.69 Å². The van der Waals surface area contributed by atoms with E-state index in [1.54, 1.807) is 11.4 Å². The lowest BCUT2D eigenvalue weighted by molar-refractivity contribution is -0.116. The van der Waals surface area contributed by atoms with E-state index in [0.29, 0.717) is 5.69 Å². The van der Waals surface area contributed by atoms with Gasteiger partial charge >= 0.3 is 0 Å². The van der Waals surface area contributed by atoms with Crippen LogP contribution in [-0.4, -0.2) is 38.5 Å². The lowest BCUT2D eigenvalue weighted by Gasteiger charge is -2.12. The molecule has 15 heavy (non-hydrogen) atoms. The third kappa shape index (κ3) is 3.98. The molecule has 0 spiro atoms. The fourth-order valence-corrected chi connectivity index (χ4v) is 1.80. The average Bonchev–Trinajstić information content (AvgIpc) is 2.54. The van der Waals surface area contributed by atoms with Gasteiger partial charge in [-0.15, -0.1) is 0 Å². The molecule has 0 aliphatic rings. The molecule has 1 aromatic rings. The predicted octanol–water partition coefficient (Wildman–Crippen LogP) is 0.578. The SMILES string of the molecule is CN(CC(=O)Nc1ccsc1)S(C)(=O)=O. The molecule has 0 saturated carbocycles. The Hall–Kier alpha value is -0.920. The molecule has 0 saturated heterocycles. The van der Waals surface area contributed by atoms with Crippen molar-refractivity contribution < 1.29 is 13.2 Å². The summed E-state index contributed by atoms with van der Waals surface area (Å²) in [6, 6.07) is 1.75. The highest BCUT2D eigenvalue weighted by Gasteiger charge is 2.14. The van der Waals surface area contributed by atoms with Crippen LogP contribution in [0.25, 0.3) is 0 Å². The molecule has 0 aliphatic carbocycles. The number of carbonyl (C=O) groups excluding carboxylic acids is 1. The summed E-state index contributed by atoms with van der Waals surface area (Å²) in [7, 11) is -1.94. The molecule has 0 aromatic carbocycles. The molecule has 1 heterocycles. The van der Waals surface area contributed by atoms with Crippen molar-refractivity contribution in [1.82, 2.24) is 4.31 Å². The van der Waals surface area contributed by atoms with Gasteiger partial charge < -0.3 is 5.32 Å². The van der Waals surface area contributed by atoms with Gasteiger partial charge in [0.2, 0.25) is 15.9 Å². The molecule has 84 valence electrons. The van der Waals surface area contributed by atoms with Crippen molar-refractivity contribution in [3.05, 3.63) is 16.8 Å². The number of thiophene rings is 1. The lowest BCUT2D eigenvalue weighted by Crippen LogP contribution is -2.34. The molecule has 0 atom stereocenters. The Morgan fingerprint density at radius 3 is 2.73 bits per heavy atom. The molecule has 0 unspecified atom stereocenters. The highest BCUT2D eigenvalue weighted by Crippen LogP contribution is 2.11. The summed E-state index contributed by atoms with van der Waals surface area (Å²) in [5.41, 5.74) is 0.687.